The Labute approximate surface area is 124 Å². The van der Waals surface area contributed by atoms with Crippen LogP contribution in [-0.2, 0) is 13.0 Å². The normalized spacial score (nSPS) is 12.4. The monoisotopic (exact) mass is 317 g/mol. The minimum atomic E-state index is 0.349. The second kappa shape index (κ2) is 6.88. The average molecular weight is 318 g/mol. The van der Waals surface area contributed by atoms with Crippen molar-refractivity contribution in [2.45, 2.75) is 32.9 Å². The molecule has 2 heteroatoms. The van der Waals surface area contributed by atoms with Crippen molar-refractivity contribution in [2.75, 3.05) is 0 Å². The molecule has 1 atom stereocenters. The highest BCUT2D eigenvalue weighted by atomic mass is 79.9. The standard InChI is InChI=1S/C17H20BrN/c1-3-14-7-4-5-8-16(14)12-19-13(2)15-9-6-10-17(18)11-15/h4-11,13,19H,3,12H2,1-2H3/t13-/m1/s1. The van der Waals surface area contributed by atoms with Crippen LogP contribution in [0.4, 0.5) is 0 Å². The van der Waals surface area contributed by atoms with Crippen LogP contribution in [0.2, 0.25) is 0 Å². The summed E-state index contributed by atoms with van der Waals surface area (Å²) in [5.41, 5.74) is 4.13. The van der Waals surface area contributed by atoms with Gasteiger partial charge in [0.2, 0.25) is 0 Å². The first-order chi connectivity index (χ1) is 9.20. The van der Waals surface area contributed by atoms with Crippen molar-refractivity contribution in [1.82, 2.24) is 5.32 Å². The molecule has 0 fully saturated rings. The molecule has 19 heavy (non-hydrogen) atoms. The Balaban J connectivity index is 2.02. The molecule has 0 amide bonds. The molecule has 0 unspecified atom stereocenters. The fraction of sp³-hybridized carbons (Fsp3) is 0.294. The predicted molar refractivity (Wildman–Crippen MR) is 85.2 cm³/mol. The van der Waals surface area contributed by atoms with E-state index in [1.165, 1.54) is 16.7 Å². The van der Waals surface area contributed by atoms with Crippen LogP contribution in [0.15, 0.2) is 53.0 Å². The van der Waals surface area contributed by atoms with Gasteiger partial charge in [0.15, 0.2) is 0 Å². The van der Waals surface area contributed by atoms with E-state index in [9.17, 15) is 0 Å². The average Bonchev–Trinajstić information content (AvgIpc) is 2.45. The molecule has 2 rings (SSSR count). The summed E-state index contributed by atoms with van der Waals surface area (Å²) in [6, 6.07) is 17.5. The molecule has 0 bridgehead atoms. The van der Waals surface area contributed by atoms with E-state index in [0.29, 0.717) is 6.04 Å². The zero-order valence-electron chi connectivity index (χ0n) is 11.5. The minimum Gasteiger partial charge on any atom is -0.306 e. The molecule has 2 aromatic rings. The third-order valence-electron chi connectivity index (χ3n) is 3.45. The number of halogens is 1. The van der Waals surface area contributed by atoms with Gasteiger partial charge in [-0.05, 0) is 42.2 Å². The molecule has 0 radical (unpaired) electrons. The van der Waals surface area contributed by atoms with Gasteiger partial charge < -0.3 is 5.32 Å². The number of benzene rings is 2. The van der Waals surface area contributed by atoms with Gasteiger partial charge in [-0.1, -0.05) is 59.3 Å². The van der Waals surface area contributed by atoms with Crippen LogP contribution in [-0.4, -0.2) is 0 Å². The molecule has 0 saturated carbocycles. The van der Waals surface area contributed by atoms with Crippen LogP contribution in [0.1, 0.15) is 36.6 Å². The third-order valence-corrected chi connectivity index (χ3v) is 3.94. The van der Waals surface area contributed by atoms with Crippen molar-refractivity contribution in [3.8, 4) is 0 Å². The van der Waals surface area contributed by atoms with Gasteiger partial charge in [-0.3, -0.25) is 0 Å². The summed E-state index contributed by atoms with van der Waals surface area (Å²) in [6.07, 6.45) is 1.09. The maximum Gasteiger partial charge on any atom is 0.0295 e. The van der Waals surface area contributed by atoms with Crippen LogP contribution < -0.4 is 5.32 Å². The molecule has 1 N–H and O–H groups in total. The third kappa shape index (κ3) is 3.92. The minimum absolute atomic E-state index is 0.349. The molecule has 0 heterocycles. The van der Waals surface area contributed by atoms with E-state index in [0.717, 1.165) is 17.4 Å². The molecular formula is C17H20BrN. The molecule has 0 aliphatic rings. The molecule has 0 spiro atoms. The lowest BCUT2D eigenvalue weighted by molar-refractivity contribution is 0.572. The summed E-state index contributed by atoms with van der Waals surface area (Å²) in [7, 11) is 0. The number of aryl methyl sites for hydroxylation is 1. The second-order valence-electron chi connectivity index (χ2n) is 4.78. The Hall–Kier alpha value is -1.12. The quantitative estimate of drug-likeness (QED) is 0.830. The lowest BCUT2D eigenvalue weighted by Gasteiger charge is -2.16. The topological polar surface area (TPSA) is 12.0 Å². The SMILES string of the molecule is CCc1ccccc1CN[C@H](C)c1cccc(Br)c1. The van der Waals surface area contributed by atoms with Gasteiger partial charge in [-0.15, -0.1) is 0 Å². The molecule has 0 aromatic heterocycles. The van der Waals surface area contributed by atoms with Crippen LogP contribution in [0, 0.1) is 0 Å². The molecular weight excluding hydrogens is 298 g/mol. The Morgan fingerprint density at radius 3 is 2.47 bits per heavy atom. The summed E-state index contributed by atoms with van der Waals surface area (Å²) in [6.45, 7) is 5.32. The van der Waals surface area contributed by atoms with Crippen LogP contribution >= 0.6 is 15.9 Å². The van der Waals surface area contributed by atoms with Crippen molar-refractivity contribution in [3.05, 3.63) is 69.7 Å². The van der Waals surface area contributed by atoms with E-state index in [1.54, 1.807) is 0 Å². The van der Waals surface area contributed by atoms with Crippen molar-refractivity contribution in [3.63, 3.8) is 0 Å². The molecule has 2 aromatic carbocycles. The van der Waals surface area contributed by atoms with Gasteiger partial charge in [0, 0.05) is 17.1 Å². The highest BCUT2D eigenvalue weighted by molar-refractivity contribution is 9.10. The van der Waals surface area contributed by atoms with Gasteiger partial charge in [0.05, 0.1) is 0 Å². The van der Waals surface area contributed by atoms with E-state index < -0.39 is 0 Å². The number of rotatable bonds is 5. The Bertz CT molecular complexity index is 536. The summed E-state index contributed by atoms with van der Waals surface area (Å²) in [4.78, 5) is 0. The first kappa shape index (κ1) is 14.3. The first-order valence-corrected chi connectivity index (χ1v) is 7.55. The highest BCUT2D eigenvalue weighted by Gasteiger charge is 2.06. The van der Waals surface area contributed by atoms with E-state index in [4.69, 9.17) is 0 Å². The van der Waals surface area contributed by atoms with E-state index in [-0.39, 0.29) is 0 Å². The Morgan fingerprint density at radius 2 is 1.79 bits per heavy atom. The molecule has 100 valence electrons. The summed E-state index contributed by atoms with van der Waals surface area (Å²) >= 11 is 3.52. The smallest absolute Gasteiger partial charge is 0.0295 e. The summed E-state index contributed by atoms with van der Waals surface area (Å²) in [5.74, 6) is 0. The lowest BCUT2D eigenvalue weighted by atomic mass is 10.0. The van der Waals surface area contributed by atoms with Gasteiger partial charge in [0.25, 0.3) is 0 Å². The summed E-state index contributed by atoms with van der Waals surface area (Å²) in [5, 5.41) is 3.60. The maximum atomic E-state index is 3.60. The number of hydrogen-bond donors (Lipinski definition) is 1. The fourth-order valence-electron chi connectivity index (χ4n) is 2.23. The zero-order chi connectivity index (χ0) is 13.7. The maximum absolute atomic E-state index is 3.60. The fourth-order valence-corrected chi connectivity index (χ4v) is 2.65. The van der Waals surface area contributed by atoms with Gasteiger partial charge in [0.1, 0.15) is 0 Å². The molecule has 0 saturated heterocycles. The second-order valence-corrected chi connectivity index (χ2v) is 5.70. The van der Waals surface area contributed by atoms with Crippen molar-refractivity contribution in [1.29, 1.82) is 0 Å². The largest absolute Gasteiger partial charge is 0.306 e. The molecule has 0 aliphatic carbocycles. The van der Waals surface area contributed by atoms with Crippen LogP contribution in [0.3, 0.4) is 0 Å². The van der Waals surface area contributed by atoms with E-state index in [1.807, 2.05) is 0 Å². The molecule has 1 nitrogen and oxygen atoms in total. The van der Waals surface area contributed by atoms with Gasteiger partial charge in [-0.2, -0.15) is 0 Å². The van der Waals surface area contributed by atoms with E-state index >= 15 is 0 Å². The van der Waals surface area contributed by atoms with Crippen molar-refractivity contribution in [2.24, 2.45) is 0 Å². The Morgan fingerprint density at radius 1 is 1.05 bits per heavy atom. The van der Waals surface area contributed by atoms with Crippen molar-refractivity contribution >= 4 is 15.9 Å². The Kier molecular flexibility index (Phi) is 5.17. The number of hydrogen-bond acceptors (Lipinski definition) is 1. The van der Waals surface area contributed by atoms with Crippen molar-refractivity contribution < 1.29 is 0 Å². The summed E-state index contributed by atoms with van der Waals surface area (Å²) < 4.78 is 1.13. The van der Waals surface area contributed by atoms with Crippen LogP contribution in [0.5, 0.6) is 0 Å². The first-order valence-electron chi connectivity index (χ1n) is 6.76. The van der Waals surface area contributed by atoms with Crippen LogP contribution in [0.25, 0.3) is 0 Å². The number of nitrogens with one attached hydrogen (secondary N) is 1. The van der Waals surface area contributed by atoms with E-state index in [2.05, 4.69) is 83.6 Å². The highest BCUT2D eigenvalue weighted by Crippen LogP contribution is 2.19. The lowest BCUT2D eigenvalue weighted by Crippen LogP contribution is -2.18. The van der Waals surface area contributed by atoms with Gasteiger partial charge in [-0.25, -0.2) is 0 Å². The van der Waals surface area contributed by atoms with Gasteiger partial charge >= 0.3 is 0 Å². The predicted octanol–water partition coefficient (Wildman–Crippen LogP) is 4.86. The zero-order valence-corrected chi connectivity index (χ0v) is 13.1. The molecule has 0 aliphatic heterocycles.